The number of hydrogen-bond donors (Lipinski definition) is 1. The maximum absolute atomic E-state index is 12.2. The first kappa shape index (κ1) is 20.2. The highest BCUT2D eigenvalue weighted by Gasteiger charge is 2.11. The largest absolute Gasteiger partial charge is 0.435 e. The second-order valence-electron chi connectivity index (χ2n) is 7.20. The van der Waals surface area contributed by atoms with Gasteiger partial charge < -0.3 is 10.1 Å². The summed E-state index contributed by atoms with van der Waals surface area (Å²) in [5.74, 6) is 0.575. The van der Waals surface area contributed by atoms with Crippen molar-refractivity contribution in [3.05, 3.63) is 60.7 Å². The molecule has 30 heavy (non-hydrogen) atoms. The average molecular weight is 411 g/mol. The lowest BCUT2D eigenvalue weighted by molar-refractivity contribution is -0.0498. The Morgan fingerprint density at radius 1 is 0.867 bits per heavy atom. The van der Waals surface area contributed by atoms with E-state index in [0.717, 1.165) is 42.1 Å². The van der Waals surface area contributed by atoms with Crippen molar-refractivity contribution in [2.45, 2.75) is 32.4 Å². The summed E-state index contributed by atoms with van der Waals surface area (Å²) in [6, 6.07) is 10.4. The number of halogens is 2. The number of hydrogen-bond acceptors (Lipinski definition) is 6. The summed E-state index contributed by atoms with van der Waals surface area (Å²) < 4.78 is 28.8. The molecule has 8 heteroatoms. The molecule has 6 nitrogen and oxygen atoms in total. The first-order valence-electron chi connectivity index (χ1n) is 9.97. The standard InChI is InChI=1S/C22H23F2N5O/c23-21(24)30-20-8-4-16(5-9-20)17-12-26-22(27-13-17)28-18-6-7-19(25-14-18)15-29-10-2-1-3-11-29/h4-9,12-14,21H,1-3,10-11,15H2,(H,26,27,28). The van der Waals surface area contributed by atoms with Gasteiger partial charge in [-0.25, -0.2) is 9.97 Å². The Kier molecular flexibility index (Phi) is 6.44. The Balaban J connectivity index is 1.35. The summed E-state index contributed by atoms with van der Waals surface area (Å²) in [7, 11) is 0. The molecule has 4 rings (SSSR count). The number of anilines is 2. The van der Waals surface area contributed by atoms with E-state index in [2.05, 4.69) is 29.9 Å². The molecule has 0 unspecified atom stereocenters. The molecule has 1 saturated heterocycles. The van der Waals surface area contributed by atoms with E-state index < -0.39 is 6.61 Å². The maximum Gasteiger partial charge on any atom is 0.387 e. The van der Waals surface area contributed by atoms with E-state index in [1.807, 2.05) is 12.1 Å². The molecule has 2 aromatic heterocycles. The fourth-order valence-corrected chi connectivity index (χ4v) is 3.44. The van der Waals surface area contributed by atoms with Gasteiger partial charge in [0.1, 0.15) is 5.75 Å². The summed E-state index contributed by atoms with van der Waals surface area (Å²) in [4.78, 5) is 15.6. The average Bonchev–Trinajstić information content (AvgIpc) is 2.77. The maximum atomic E-state index is 12.2. The number of pyridine rings is 1. The Hall–Kier alpha value is -3.13. The van der Waals surface area contributed by atoms with Crippen molar-refractivity contribution in [3.63, 3.8) is 0 Å². The molecule has 0 aliphatic carbocycles. The van der Waals surface area contributed by atoms with Crippen LogP contribution in [0.2, 0.25) is 0 Å². The zero-order valence-electron chi connectivity index (χ0n) is 16.5. The third-order valence-corrected chi connectivity index (χ3v) is 4.98. The molecule has 3 heterocycles. The molecule has 0 amide bonds. The van der Waals surface area contributed by atoms with Gasteiger partial charge in [0.15, 0.2) is 0 Å². The van der Waals surface area contributed by atoms with Crippen molar-refractivity contribution in [1.29, 1.82) is 0 Å². The van der Waals surface area contributed by atoms with Crippen LogP contribution >= 0.6 is 0 Å². The van der Waals surface area contributed by atoms with E-state index in [4.69, 9.17) is 0 Å². The number of ether oxygens (including phenoxy) is 1. The minimum absolute atomic E-state index is 0.115. The molecular formula is C22H23F2N5O. The van der Waals surface area contributed by atoms with Gasteiger partial charge in [0.25, 0.3) is 0 Å². The molecule has 3 aromatic rings. The van der Waals surface area contributed by atoms with Crippen LogP contribution < -0.4 is 10.1 Å². The van der Waals surface area contributed by atoms with Crippen molar-refractivity contribution < 1.29 is 13.5 Å². The van der Waals surface area contributed by atoms with Crippen LogP contribution in [0, 0.1) is 0 Å². The van der Waals surface area contributed by atoms with E-state index >= 15 is 0 Å². The first-order valence-corrected chi connectivity index (χ1v) is 9.97. The first-order chi connectivity index (χ1) is 14.7. The van der Waals surface area contributed by atoms with E-state index in [0.29, 0.717) is 5.95 Å². The summed E-state index contributed by atoms with van der Waals surface area (Å²) in [6.45, 7) is 0.332. The monoisotopic (exact) mass is 411 g/mol. The van der Waals surface area contributed by atoms with Gasteiger partial charge in [-0.05, 0) is 55.8 Å². The lowest BCUT2D eigenvalue weighted by Crippen LogP contribution is -2.29. The van der Waals surface area contributed by atoms with Crippen LogP contribution in [0.15, 0.2) is 55.0 Å². The number of benzene rings is 1. The van der Waals surface area contributed by atoms with Gasteiger partial charge in [-0.1, -0.05) is 18.6 Å². The number of alkyl halides is 2. The van der Waals surface area contributed by atoms with E-state index in [-0.39, 0.29) is 5.75 Å². The highest BCUT2D eigenvalue weighted by Crippen LogP contribution is 2.23. The Labute approximate surface area is 174 Å². The van der Waals surface area contributed by atoms with Crippen molar-refractivity contribution in [2.75, 3.05) is 18.4 Å². The van der Waals surface area contributed by atoms with Gasteiger partial charge >= 0.3 is 6.61 Å². The predicted molar refractivity (Wildman–Crippen MR) is 111 cm³/mol. The van der Waals surface area contributed by atoms with Crippen molar-refractivity contribution >= 4 is 11.6 Å². The van der Waals surface area contributed by atoms with Gasteiger partial charge in [-0.2, -0.15) is 8.78 Å². The second kappa shape index (κ2) is 9.58. The van der Waals surface area contributed by atoms with Crippen LogP contribution in [0.4, 0.5) is 20.4 Å². The smallest absolute Gasteiger partial charge is 0.387 e. The molecule has 0 saturated carbocycles. The molecule has 0 spiro atoms. The lowest BCUT2D eigenvalue weighted by Gasteiger charge is -2.25. The van der Waals surface area contributed by atoms with Crippen LogP contribution in [-0.2, 0) is 6.54 Å². The third-order valence-electron chi connectivity index (χ3n) is 4.98. The number of likely N-dealkylation sites (tertiary alicyclic amines) is 1. The molecule has 156 valence electrons. The van der Waals surface area contributed by atoms with E-state index in [1.165, 1.54) is 31.4 Å². The van der Waals surface area contributed by atoms with Gasteiger partial charge in [-0.15, -0.1) is 0 Å². The topological polar surface area (TPSA) is 63.2 Å². The lowest BCUT2D eigenvalue weighted by atomic mass is 10.1. The quantitative estimate of drug-likeness (QED) is 0.599. The zero-order chi connectivity index (χ0) is 20.8. The third kappa shape index (κ3) is 5.48. The Bertz CT molecular complexity index is 927. The van der Waals surface area contributed by atoms with E-state index in [9.17, 15) is 8.78 Å². The number of nitrogens with zero attached hydrogens (tertiary/aromatic N) is 4. The molecule has 1 aromatic carbocycles. The van der Waals surface area contributed by atoms with Crippen LogP contribution in [0.3, 0.4) is 0 Å². The van der Waals surface area contributed by atoms with Crippen LogP contribution in [0.1, 0.15) is 25.0 Å². The molecule has 0 radical (unpaired) electrons. The van der Waals surface area contributed by atoms with Gasteiger partial charge in [-0.3, -0.25) is 9.88 Å². The number of aromatic nitrogens is 3. The van der Waals surface area contributed by atoms with Crippen LogP contribution in [-0.4, -0.2) is 39.6 Å². The minimum atomic E-state index is -2.84. The summed E-state index contributed by atoms with van der Waals surface area (Å²) in [5.41, 5.74) is 3.46. The highest BCUT2D eigenvalue weighted by molar-refractivity contribution is 5.63. The van der Waals surface area contributed by atoms with Crippen molar-refractivity contribution in [2.24, 2.45) is 0 Å². The Morgan fingerprint density at radius 3 is 2.23 bits per heavy atom. The number of nitrogens with one attached hydrogen (secondary N) is 1. The second-order valence-corrected chi connectivity index (χ2v) is 7.20. The zero-order valence-corrected chi connectivity index (χ0v) is 16.5. The molecule has 0 atom stereocenters. The predicted octanol–water partition coefficient (Wildman–Crippen LogP) is 4.87. The number of piperidine rings is 1. The van der Waals surface area contributed by atoms with Crippen molar-refractivity contribution in [3.8, 4) is 16.9 Å². The highest BCUT2D eigenvalue weighted by atomic mass is 19.3. The van der Waals surface area contributed by atoms with E-state index in [1.54, 1.807) is 30.7 Å². The fraction of sp³-hybridized carbons (Fsp3) is 0.318. The SMILES string of the molecule is FC(F)Oc1ccc(-c2cnc(Nc3ccc(CN4CCCCC4)nc3)nc2)cc1. The minimum Gasteiger partial charge on any atom is -0.435 e. The van der Waals surface area contributed by atoms with Crippen LogP contribution in [0.25, 0.3) is 11.1 Å². The summed E-state index contributed by atoms with van der Waals surface area (Å²) in [5, 5.41) is 3.14. The number of rotatable bonds is 7. The van der Waals surface area contributed by atoms with Gasteiger partial charge in [0.05, 0.1) is 17.6 Å². The molecule has 1 aliphatic heterocycles. The summed E-state index contributed by atoms with van der Waals surface area (Å²) >= 11 is 0. The molecule has 1 N–H and O–H groups in total. The van der Waals surface area contributed by atoms with Crippen LogP contribution in [0.5, 0.6) is 5.75 Å². The molecular weight excluding hydrogens is 388 g/mol. The summed E-state index contributed by atoms with van der Waals surface area (Å²) in [6.07, 6.45) is 9.00. The normalized spacial score (nSPS) is 14.6. The Morgan fingerprint density at radius 2 is 1.60 bits per heavy atom. The molecule has 1 fully saturated rings. The molecule has 0 bridgehead atoms. The van der Waals surface area contributed by atoms with Gasteiger partial charge in [0.2, 0.25) is 5.95 Å². The van der Waals surface area contributed by atoms with Gasteiger partial charge in [0, 0.05) is 24.5 Å². The molecule has 1 aliphatic rings. The van der Waals surface area contributed by atoms with Crippen molar-refractivity contribution in [1.82, 2.24) is 19.9 Å². The fourth-order valence-electron chi connectivity index (χ4n) is 3.44.